The molecule has 1 saturated heterocycles. The highest BCUT2D eigenvalue weighted by molar-refractivity contribution is 7.91. The Labute approximate surface area is 315 Å². The zero-order valence-electron chi connectivity index (χ0n) is 30.4. The van der Waals surface area contributed by atoms with Gasteiger partial charge in [0.2, 0.25) is 27.7 Å². The second kappa shape index (κ2) is 13.8. The van der Waals surface area contributed by atoms with Crippen LogP contribution >= 0.6 is 11.3 Å². The Hall–Kier alpha value is -4.25. The van der Waals surface area contributed by atoms with E-state index in [-0.39, 0.29) is 47.7 Å². The van der Waals surface area contributed by atoms with Crippen LogP contribution in [0.1, 0.15) is 69.5 Å². The summed E-state index contributed by atoms with van der Waals surface area (Å²) in [4.78, 5) is 53.5. The number of methoxy groups -OCH3 is 1. The fourth-order valence-corrected chi connectivity index (χ4v) is 9.55. The van der Waals surface area contributed by atoms with Crippen LogP contribution in [0.2, 0.25) is 0 Å². The molecule has 0 unspecified atom stereocenters. The first kappa shape index (κ1) is 38.0. The Morgan fingerprint density at radius 3 is 2.57 bits per heavy atom. The highest BCUT2D eigenvalue weighted by Gasteiger charge is 2.62. The molecule has 2 saturated carbocycles. The maximum Gasteiger partial charge on any atom is 0.434 e. The summed E-state index contributed by atoms with van der Waals surface area (Å²) in [5.41, 5.74) is -1.14. The number of likely N-dealkylation sites (N-methyl/N-ethyl adjacent to an activating group) is 1. The summed E-state index contributed by atoms with van der Waals surface area (Å²) in [5.74, 6) is -1.04. The molecule has 2 aliphatic carbocycles. The van der Waals surface area contributed by atoms with Crippen molar-refractivity contribution in [1.29, 1.82) is 0 Å². The summed E-state index contributed by atoms with van der Waals surface area (Å²) in [6.07, 6.45) is 1.67. The second-order valence-electron chi connectivity index (χ2n) is 15.1. The van der Waals surface area contributed by atoms with E-state index in [0.717, 1.165) is 23.1 Å². The van der Waals surface area contributed by atoms with Crippen LogP contribution in [0.25, 0.3) is 21.6 Å². The third-order valence-electron chi connectivity index (χ3n) is 11.3. The highest BCUT2D eigenvalue weighted by atomic mass is 32.2. The van der Waals surface area contributed by atoms with Crippen molar-refractivity contribution in [2.45, 2.75) is 88.3 Å². The Kier molecular flexibility index (Phi) is 9.72. The number of nitrogens with one attached hydrogen (secondary N) is 1. The molecule has 54 heavy (non-hydrogen) atoms. The fourth-order valence-electron chi connectivity index (χ4n) is 7.43. The zero-order valence-corrected chi connectivity index (χ0v) is 32.0. The van der Waals surface area contributed by atoms with Gasteiger partial charge < -0.3 is 19.3 Å². The molecule has 3 aromatic rings. The highest BCUT2D eigenvalue weighted by Crippen LogP contribution is 2.57. The number of carbonyl (C=O) groups is 3. The first-order valence-corrected chi connectivity index (χ1v) is 20.3. The maximum absolute atomic E-state index is 14.3. The number of halogens is 3. The van der Waals surface area contributed by atoms with Gasteiger partial charge in [-0.15, -0.1) is 11.3 Å². The van der Waals surface area contributed by atoms with Gasteiger partial charge in [0, 0.05) is 48.8 Å². The molecule has 17 heteroatoms. The largest absolute Gasteiger partial charge is 0.496 e. The number of alkyl halides is 3. The lowest BCUT2D eigenvalue weighted by Crippen LogP contribution is -2.49. The van der Waals surface area contributed by atoms with E-state index in [1.807, 2.05) is 12.2 Å². The number of fused-ring (bicyclic) bond motifs is 3. The number of hydrogen-bond acceptors (Lipinski definition) is 10. The monoisotopic (exact) mass is 789 g/mol. The van der Waals surface area contributed by atoms with Gasteiger partial charge in [0.25, 0.3) is 0 Å². The second-order valence-corrected chi connectivity index (χ2v) is 18.1. The van der Waals surface area contributed by atoms with Gasteiger partial charge in [-0.05, 0) is 70.4 Å². The lowest BCUT2D eigenvalue weighted by molar-refractivity contribution is -0.144. The van der Waals surface area contributed by atoms with Crippen molar-refractivity contribution in [2.24, 2.45) is 11.3 Å². The summed E-state index contributed by atoms with van der Waals surface area (Å²) < 4.78 is 80.0. The van der Waals surface area contributed by atoms with Crippen molar-refractivity contribution in [1.82, 2.24) is 24.5 Å². The number of nitrogens with zero attached hydrogens (tertiary/aromatic N) is 4. The standard InChI is InChI=1S/C37H42F3N5O7S2/c1-21-27(51-4)11-10-24-28(16-25(41-31(21)24)32-42-29(20-53-32)37(38,39)40)52-23-15-26-33(47)44(3)14-8-6-5-7-9-22-17-36(22,18-30(46)45(26)19-23)34(48)43-54(49,50)35(2)12-13-35/h7,9-11,16,20,22-23,26H,5-6,8,12-15,17-19H2,1-4H3,(H,43,48)/b9-7-/t22-,23+,26+,36-/m1/s1. The SMILES string of the molecule is COc1ccc2c(O[C@H]3C[C@H]4C(=O)N(C)CCCC/C=C\[C@@H]5C[C@@]5(C(=O)NS(=O)(=O)C5(C)CC5)CC(=O)N4C3)cc(-c3nc(C(F)(F)F)cs3)nc2c1C. The molecule has 12 nitrogen and oxygen atoms in total. The Balaban J connectivity index is 1.21. The molecule has 0 bridgehead atoms. The third-order valence-corrected chi connectivity index (χ3v) is 14.3. The number of sulfonamides is 1. The van der Waals surface area contributed by atoms with Gasteiger partial charge in [-0.25, -0.2) is 18.4 Å². The van der Waals surface area contributed by atoms with Crippen LogP contribution in [0.3, 0.4) is 0 Å². The van der Waals surface area contributed by atoms with E-state index in [1.165, 1.54) is 18.1 Å². The van der Waals surface area contributed by atoms with Crippen LogP contribution in [-0.2, 0) is 30.6 Å². The molecule has 3 fully saturated rings. The van der Waals surface area contributed by atoms with Crippen LogP contribution in [0.15, 0.2) is 35.7 Å². The molecular formula is C37H42F3N5O7S2. The number of thiazole rings is 1. The molecule has 0 spiro atoms. The number of carbonyl (C=O) groups excluding carboxylic acids is 3. The third kappa shape index (κ3) is 7.04. The minimum atomic E-state index is -4.64. The number of aromatic nitrogens is 2. The number of amides is 3. The van der Waals surface area contributed by atoms with Crippen LogP contribution in [0.5, 0.6) is 11.5 Å². The van der Waals surface area contributed by atoms with Crippen LogP contribution in [0, 0.1) is 18.3 Å². The minimum absolute atomic E-state index is 0.0264. The first-order valence-electron chi connectivity index (χ1n) is 17.9. The number of rotatable bonds is 7. The lowest BCUT2D eigenvalue weighted by Gasteiger charge is -2.29. The Morgan fingerprint density at radius 2 is 1.89 bits per heavy atom. The number of hydrogen-bond donors (Lipinski definition) is 1. The van der Waals surface area contributed by atoms with Crippen molar-refractivity contribution in [2.75, 3.05) is 27.2 Å². The quantitative estimate of drug-likeness (QED) is 0.301. The van der Waals surface area contributed by atoms with E-state index in [2.05, 4.69) is 14.7 Å². The molecule has 4 atom stereocenters. The molecule has 7 rings (SSSR count). The topological polar surface area (TPSA) is 148 Å². The van der Waals surface area contributed by atoms with E-state index >= 15 is 0 Å². The average Bonchev–Trinajstić information content (AvgIpc) is 3.88. The molecule has 1 aromatic carbocycles. The number of pyridine rings is 1. The predicted octanol–water partition coefficient (Wildman–Crippen LogP) is 5.64. The summed E-state index contributed by atoms with van der Waals surface area (Å²) in [5, 5.41) is 1.49. The van der Waals surface area contributed by atoms with Crippen molar-refractivity contribution in [3.8, 4) is 22.2 Å². The number of allylic oxidation sites excluding steroid dienone is 2. The summed E-state index contributed by atoms with van der Waals surface area (Å²) in [6.45, 7) is 3.80. The number of ether oxygens (including phenoxy) is 2. The van der Waals surface area contributed by atoms with Gasteiger partial charge in [0.05, 0.1) is 29.3 Å². The smallest absolute Gasteiger partial charge is 0.434 e. The number of aryl methyl sites for hydroxylation is 1. The average molecular weight is 790 g/mol. The van der Waals surface area contributed by atoms with Gasteiger partial charge in [0.15, 0.2) is 5.69 Å². The van der Waals surface area contributed by atoms with Crippen LogP contribution in [-0.4, -0.2) is 90.0 Å². The van der Waals surface area contributed by atoms with E-state index in [0.29, 0.717) is 60.9 Å². The van der Waals surface area contributed by atoms with Crippen molar-refractivity contribution < 1.29 is 45.4 Å². The van der Waals surface area contributed by atoms with Gasteiger partial charge >= 0.3 is 6.18 Å². The molecule has 0 radical (unpaired) electrons. The molecule has 4 heterocycles. The van der Waals surface area contributed by atoms with E-state index in [4.69, 9.17) is 9.47 Å². The molecule has 4 aliphatic rings. The summed E-state index contributed by atoms with van der Waals surface area (Å²) in [6, 6.07) is 4.03. The summed E-state index contributed by atoms with van der Waals surface area (Å²) in [7, 11) is -0.785. The zero-order chi connectivity index (χ0) is 38.8. The van der Waals surface area contributed by atoms with Crippen LogP contribution in [0.4, 0.5) is 13.2 Å². The first-order chi connectivity index (χ1) is 25.5. The molecule has 290 valence electrons. The van der Waals surface area contributed by atoms with Crippen molar-refractivity contribution in [3.63, 3.8) is 0 Å². The van der Waals surface area contributed by atoms with Crippen LogP contribution < -0.4 is 14.2 Å². The van der Waals surface area contributed by atoms with Crippen molar-refractivity contribution >= 4 is 50.0 Å². The maximum atomic E-state index is 14.3. The molecule has 3 amide bonds. The van der Waals surface area contributed by atoms with E-state index in [9.17, 15) is 36.0 Å². The summed E-state index contributed by atoms with van der Waals surface area (Å²) >= 11 is 0.793. The molecule has 2 aliphatic heterocycles. The molecule has 1 N–H and O–H groups in total. The Morgan fingerprint density at radius 1 is 1.13 bits per heavy atom. The van der Waals surface area contributed by atoms with E-state index in [1.54, 1.807) is 37.9 Å². The van der Waals surface area contributed by atoms with Gasteiger partial charge in [0.1, 0.15) is 34.3 Å². The Bertz CT molecular complexity index is 2150. The van der Waals surface area contributed by atoms with Gasteiger partial charge in [-0.2, -0.15) is 13.2 Å². The molecular weight excluding hydrogens is 748 g/mol. The fraction of sp³-hybridized carbons (Fsp3) is 0.541. The minimum Gasteiger partial charge on any atom is -0.496 e. The number of benzene rings is 1. The van der Waals surface area contributed by atoms with Gasteiger partial charge in [-0.1, -0.05) is 12.2 Å². The predicted molar refractivity (Wildman–Crippen MR) is 194 cm³/mol. The molecule has 2 aromatic heterocycles. The van der Waals surface area contributed by atoms with Crippen molar-refractivity contribution in [3.05, 3.63) is 47.0 Å². The van der Waals surface area contributed by atoms with Gasteiger partial charge in [-0.3, -0.25) is 19.1 Å². The normalized spacial score (nSPS) is 26.5. The van der Waals surface area contributed by atoms with E-state index < -0.39 is 56.0 Å². The lowest BCUT2D eigenvalue weighted by atomic mass is 9.96.